The van der Waals surface area contributed by atoms with Gasteiger partial charge < -0.3 is 13.9 Å². The minimum atomic E-state index is -0.301. The van der Waals surface area contributed by atoms with Gasteiger partial charge in [-0.2, -0.15) is 0 Å². The van der Waals surface area contributed by atoms with E-state index < -0.39 is 0 Å². The van der Waals surface area contributed by atoms with Gasteiger partial charge in [-0.3, -0.25) is 0 Å². The lowest BCUT2D eigenvalue weighted by molar-refractivity contribution is -0.140. The molecule has 1 aliphatic heterocycles. The van der Waals surface area contributed by atoms with Crippen LogP contribution < -0.4 is 0 Å². The van der Waals surface area contributed by atoms with Crippen molar-refractivity contribution in [2.45, 2.75) is 38.9 Å². The predicted octanol–water partition coefficient (Wildman–Crippen LogP) is 2.84. The van der Waals surface area contributed by atoms with E-state index in [0.717, 1.165) is 25.9 Å². The van der Waals surface area contributed by atoms with Crippen LogP contribution in [0.25, 0.3) is 0 Å². The number of ether oxygens (including phenoxy) is 2. The number of carbonyl (C=O) groups is 1. The SMILES string of the molecule is C/C(=C\CC1CCCO1)C(=O)OCc1ccco1. The Bertz CT molecular complexity index is 399. The summed E-state index contributed by atoms with van der Waals surface area (Å²) in [4.78, 5) is 11.7. The highest BCUT2D eigenvalue weighted by Gasteiger charge is 2.15. The lowest BCUT2D eigenvalue weighted by Gasteiger charge is -2.06. The van der Waals surface area contributed by atoms with Crippen molar-refractivity contribution >= 4 is 5.97 Å². The van der Waals surface area contributed by atoms with Gasteiger partial charge in [0.15, 0.2) is 0 Å². The summed E-state index contributed by atoms with van der Waals surface area (Å²) in [6, 6.07) is 3.54. The van der Waals surface area contributed by atoms with E-state index in [-0.39, 0.29) is 18.7 Å². The van der Waals surface area contributed by atoms with Crippen molar-refractivity contribution in [2.75, 3.05) is 6.61 Å². The van der Waals surface area contributed by atoms with Gasteiger partial charge in [-0.25, -0.2) is 4.79 Å². The maximum absolute atomic E-state index is 11.7. The fourth-order valence-corrected chi connectivity index (χ4v) is 1.87. The van der Waals surface area contributed by atoms with E-state index in [1.165, 1.54) is 0 Å². The Morgan fingerprint density at radius 1 is 1.61 bits per heavy atom. The van der Waals surface area contributed by atoms with E-state index >= 15 is 0 Å². The highest BCUT2D eigenvalue weighted by atomic mass is 16.5. The molecule has 18 heavy (non-hydrogen) atoms. The van der Waals surface area contributed by atoms with Gasteiger partial charge >= 0.3 is 5.97 Å². The van der Waals surface area contributed by atoms with Crippen LogP contribution in [0.2, 0.25) is 0 Å². The van der Waals surface area contributed by atoms with Crippen LogP contribution in [0.3, 0.4) is 0 Å². The molecule has 1 atom stereocenters. The third kappa shape index (κ3) is 3.74. The molecule has 0 radical (unpaired) electrons. The van der Waals surface area contributed by atoms with Crippen LogP contribution in [0, 0.1) is 0 Å². The lowest BCUT2D eigenvalue weighted by Crippen LogP contribution is -2.08. The molecule has 0 N–H and O–H groups in total. The summed E-state index contributed by atoms with van der Waals surface area (Å²) in [6.07, 6.45) is 6.68. The summed E-state index contributed by atoms with van der Waals surface area (Å²) in [5.41, 5.74) is 0.622. The summed E-state index contributed by atoms with van der Waals surface area (Å²) in [6.45, 7) is 2.77. The average molecular weight is 250 g/mol. The maximum atomic E-state index is 11.7. The molecular formula is C14H18O4. The fraction of sp³-hybridized carbons (Fsp3) is 0.500. The molecule has 1 aromatic rings. The molecule has 1 aliphatic rings. The van der Waals surface area contributed by atoms with Crippen molar-refractivity contribution in [3.8, 4) is 0 Å². The van der Waals surface area contributed by atoms with Crippen LogP contribution >= 0.6 is 0 Å². The van der Waals surface area contributed by atoms with Crippen molar-refractivity contribution in [2.24, 2.45) is 0 Å². The highest BCUT2D eigenvalue weighted by Crippen LogP contribution is 2.16. The molecular weight excluding hydrogens is 232 g/mol. The smallest absolute Gasteiger partial charge is 0.333 e. The summed E-state index contributed by atoms with van der Waals surface area (Å²) in [7, 11) is 0. The number of esters is 1. The zero-order chi connectivity index (χ0) is 12.8. The maximum Gasteiger partial charge on any atom is 0.333 e. The Labute approximate surface area is 107 Å². The molecule has 98 valence electrons. The van der Waals surface area contributed by atoms with Gasteiger partial charge in [-0.1, -0.05) is 6.08 Å². The Morgan fingerprint density at radius 3 is 3.17 bits per heavy atom. The molecule has 0 amide bonds. The van der Waals surface area contributed by atoms with Crippen molar-refractivity contribution in [3.05, 3.63) is 35.8 Å². The number of carbonyl (C=O) groups excluding carboxylic acids is 1. The monoisotopic (exact) mass is 250 g/mol. The highest BCUT2D eigenvalue weighted by molar-refractivity contribution is 5.87. The van der Waals surface area contributed by atoms with Crippen LogP contribution in [0.5, 0.6) is 0 Å². The Balaban J connectivity index is 1.75. The minimum absolute atomic E-state index is 0.178. The van der Waals surface area contributed by atoms with Crippen LogP contribution in [0.15, 0.2) is 34.5 Å². The number of hydrogen-bond donors (Lipinski definition) is 0. The molecule has 0 aromatic carbocycles. The zero-order valence-corrected chi connectivity index (χ0v) is 10.6. The third-order valence-corrected chi connectivity index (χ3v) is 2.96. The second kappa shape index (κ2) is 6.40. The first-order chi connectivity index (χ1) is 8.75. The molecule has 0 bridgehead atoms. The van der Waals surface area contributed by atoms with Gasteiger partial charge in [0.2, 0.25) is 0 Å². The molecule has 0 aliphatic carbocycles. The summed E-state index contributed by atoms with van der Waals surface area (Å²) >= 11 is 0. The number of hydrogen-bond acceptors (Lipinski definition) is 4. The van der Waals surface area contributed by atoms with Crippen LogP contribution in [-0.2, 0) is 20.9 Å². The fourth-order valence-electron chi connectivity index (χ4n) is 1.87. The van der Waals surface area contributed by atoms with Gasteiger partial charge in [-0.05, 0) is 38.3 Å². The first kappa shape index (κ1) is 12.9. The van der Waals surface area contributed by atoms with E-state index in [1.54, 1.807) is 25.3 Å². The van der Waals surface area contributed by atoms with E-state index in [1.807, 2.05) is 6.08 Å². The third-order valence-electron chi connectivity index (χ3n) is 2.96. The first-order valence-corrected chi connectivity index (χ1v) is 6.23. The molecule has 1 unspecified atom stereocenters. The lowest BCUT2D eigenvalue weighted by atomic mass is 10.1. The minimum Gasteiger partial charge on any atom is -0.466 e. The zero-order valence-electron chi connectivity index (χ0n) is 10.6. The second-order valence-corrected chi connectivity index (χ2v) is 4.41. The van der Waals surface area contributed by atoms with Crippen LogP contribution in [-0.4, -0.2) is 18.7 Å². The van der Waals surface area contributed by atoms with Crippen LogP contribution in [0.1, 0.15) is 31.9 Å². The molecule has 4 heteroatoms. The molecule has 2 rings (SSSR count). The van der Waals surface area contributed by atoms with Crippen molar-refractivity contribution in [1.82, 2.24) is 0 Å². The normalized spacial score (nSPS) is 20.1. The second-order valence-electron chi connectivity index (χ2n) is 4.41. The molecule has 1 saturated heterocycles. The average Bonchev–Trinajstić information content (AvgIpc) is 3.05. The quantitative estimate of drug-likeness (QED) is 0.595. The largest absolute Gasteiger partial charge is 0.466 e. The number of furan rings is 1. The summed E-state index contributed by atoms with van der Waals surface area (Å²) < 4.78 is 15.7. The number of rotatable bonds is 5. The topological polar surface area (TPSA) is 48.7 Å². The standard InChI is InChI=1S/C14H18O4/c1-11(6-7-12-4-2-8-16-12)14(15)18-10-13-5-3-9-17-13/h3,5-6,9,12H,2,4,7-8,10H2,1H3/b11-6+. The van der Waals surface area contributed by atoms with E-state index in [9.17, 15) is 4.79 Å². The molecule has 2 heterocycles. The summed E-state index contributed by atoms with van der Waals surface area (Å²) in [5, 5.41) is 0. The summed E-state index contributed by atoms with van der Waals surface area (Å²) in [5.74, 6) is 0.347. The van der Waals surface area contributed by atoms with Gasteiger partial charge in [0.25, 0.3) is 0 Å². The molecule has 4 nitrogen and oxygen atoms in total. The molecule has 1 fully saturated rings. The van der Waals surface area contributed by atoms with Crippen LogP contribution in [0.4, 0.5) is 0 Å². The van der Waals surface area contributed by atoms with E-state index in [0.29, 0.717) is 11.3 Å². The van der Waals surface area contributed by atoms with Crippen molar-refractivity contribution < 1.29 is 18.7 Å². The van der Waals surface area contributed by atoms with Gasteiger partial charge in [0.05, 0.1) is 12.4 Å². The Hall–Kier alpha value is -1.55. The Morgan fingerprint density at radius 2 is 2.50 bits per heavy atom. The van der Waals surface area contributed by atoms with Gasteiger partial charge in [0.1, 0.15) is 12.4 Å². The first-order valence-electron chi connectivity index (χ1n) is 6.23. The van der Waals surface area contributed by atoms with Gasteiger partial charge in [-0.15, -0.1) is 0 Å². The van der Waals surface area contributed by atoms with Gasteiger partial charge in [0, 0.05) is 12.2 Å². The van der Waals surface area contributed by atoms with E-state index in [4.69, 9.17) is 13.9 Å². The Kier molecular flexibility index (Phi) is 4.59. The van der Waals surface area contributed by atoms with Crippen molar-refractivity contribution in [3.63, 3.8) is 0 Å². The van der Waals surface area contributed by atoms with E-state index in [2.05, 4.69) is 0 Å². The molecule has 0 spiro atoms. The van der Waals surface area contributed by atoms with Crippen molar-refractivity contribution in [1.29, 1.82) is 0 Å². The molecule has 1 aromatic heterocycles. The molecule has 0 saturated carbocycles. The predicted molar refractivity (Wildman–Crippen MR) is 65.9 cm³/mol.